The fourth-order valence-electron chi connectivity index (χ4n) is 1.31. The molecule has 2 heterocycles. The Balaban J connectivity index is 2.49. The van der Waals surface area contributed by atoms with Gasteiger partial charge < -0.3 is 25.8 Å². The topological polar surface area (TPSA) is 95.9 Å². The summed E-state index contributed by atoms with van der Waals surface area (Å²) < 4.78 is 4.95. The van der Waals surface area contributed by atoms with Crippen LogP contribution in [0, 0.1) is 0 Å². The highest BCUT2D eigenvalue weighted by Gasteiger charge is 2.32. The van der Waals surface area contributed by atoms with Gasteiger partial charge in [0, 0.05) is 12.6 Å². The maximum absolute atomic E-state index is 9.37. The number of hydrogen-bond acceptors (Lipinski definition) is 5. The molecule has 0 aliphatic carbocycles. The van der Waals surface area contributed by atoms with Gasteiger partial charge in [0.1, 0.15) is 5.75 Å². The fraction of sp³-hybridized carbons (Fsp3) is 0.250. The van der Waals surface area contributed by atoms with Crippen LogP contribution >= 0.6 is 0 Å². The molecule has 70 valence electrons. The third-order valence-corrected chi connectivity index (χ3v) is 2.00. The molecule has 0 saturated heterocycles. The van der Waals surface area contributed by atoms with E-state index in [4.69, 9.17) is 15.6 Å². The Kier molecular flexibility index (Phi) is 1.58. The first-order chi connectivity index (χ1) is 6.15. The van der Waals surface area contributed by atoms with E-state index in [0.717, 1.165) is 0 Å². The van der Waals surface area contributed by atoms with Crippen LogP contribution in [0.3, 0.4) is 0 Å². The van der Waals surface area contributed by atoms with E-state index < -0.39 is 6.10 Å². The SMILES string of the molecule is NC[C@@H](O)c1c2cc(O)c(O)c1O2. The van der Waals surface area contributed by atoms with Crippen molar-refractivity contribution in [2.24, 2.45) is 5.73 Å². The standard InChI is InChI=1S/C8H9NO4/c9-2-4(11)6-5-1-3(10)7(12)8(6)13-5/h1,4,10-12H,2,9H2/t4-/m1/s1. The lowest BCUT2D eigenvalue weighted by atomic mass is 10.0. The number of phenolic OH excluding ortho intramolecular Hbond substituents is 2. The summed E-state index contributed by atoms with van der Waals surface area (Å²) in [7, 11) is 0. The highest BCUT2D eigenvalue weighted by atomic mass is 16.5. The first kappa shape index (κ1) is 8.15. The lowest BCUT2D eigenvalue weighted by Crippen LogP contribution is -2.17. The van der Waals surface area contributed by atoms with Gasteiger partial charge in [-0.05, 0) is 0 Å². The quantitative estimate of drug-likeness (QED) is 0.498. The highest BCUT2D eigenvalue weighted by Crippen LogP contribution is 2.55. The molecule has 1 atom stereocenters. The van der Waals surface area contributed by atoms with E-state index in [-0.39, 0.29) is 23.8 Å². The third kappa shape index (κ3) is 0.944. The zero-order chi connectivity index (χ0) is 9.59. The van der Waals surface area contributed by atoms with Gasteiger partial charge in [-0.25, -0.2) is 0 Å². The zero-order valence-corrected chi connectivity index (χ0v) is 6.69. The average Bonchev–Trinajstić information content (AvgIpc) is 2.08. The Labute approximate surface area is 74.0 Å². The molecule has 0 radical (unpaired) electrons. The van der Waals surface area contributed by atoms with Crippen LogP contribution in [0.15, 0.2) is 6.07 Å². The molecule has 2 aliphatic heterocycles. The molecular weight excluding hydrogens is 174 g/mol. The molecule has 2 bridgehead atoms. The number of aromatic hydroxyl groups is 2. The van der Waals surface area contributed by atoms with Crippen LogP contribution < -0.4 is 10.5 Å². The minimum absolute atomic E-state index is 0.0492. The number of fused-ring (bicyclic) bond motifs is 2. The number of rotatable bonds is 2. The molecule has 13 heavy (non-hydrogen) atoms. The number of nitrogens with two attached hydrogens (primary N) is 1. The smallest absolute Gasteiger partial charge is 0.201 e. The second-order valence-electron chi connectivity index (χ2n) is 2.84. The van der Waals surface area contributed by atoms with Gasteiger partial charge in [0.05, 0.1) is 11.7 Å². The second-order valence-corrected chi connectivity index (χ2v) is 2.84. The summed E-state index contributed by atoms with van der Waals surface area (Å²) in [6.07, 6.45) is -0.856. The predicted octanol–water partition coefficient (Wildman–Crippen LogP) is 0.196. The Morgan fingerprint density at radius 3 is 2.69 bits per heavy atom. The highest BCUT2D eigenvalue weighted by molar-refractivity contribution is 5.68. The Hall–Kier alpha value is -1.46. The van der Waals surface area contributed by atoms with E-state index >= 15 is 0 Å². The Morgan fingerprint density at radius 1 is 1.46 bits per heavy atom. The number of aliphatic hydroxyl groups excluding tert-OH is 1. The van der Waals surface area contributed by atoms with Crippen molar-refractivity contribution in [2.75, 3.05) is 6.54 Å². The number of aliphatic hydroxyl groups is 1. The van der Waals surface area contributed by atoms with Crippen LogP contribution in [-0.4, -0.2) is 21.9 Å². The first-order valence-corrected chi connectivity index (χ1v) is 3.80. The van der Waals surface area contributed by atoms with Crippen LogP contribution in [0.4, 0.5) is 0 Å². The van der Waals surface area contributed by atoms with E-state index in [2.05, 4.69) is 0 Å². The van der Waals surface area contributed by atoms with Crippen molar-refractivity contribution in [1.29, 1.82) is 0 Å². The van der Waals surface area contributed by atoms with Crippen molar-refractivity contribution in [3.05, 3.63) is 11.6 Å². The molecule has 0 amide bonds. The molecule has 1 aromatic rings. The molecular formula is C8H9NO4. The van der Waals surface area contributed by atoms with Crippen molar-refractivity contribution in [3.8, 4) is 23.0 Å². The number of phenols is 2. The lowest BCUT2D eigenvalue weighted by Gasteiger charge is -2.27. The molecule has 0 fully saturated rings. The molecule has 3 rings (SSSR count). The Bertz CT molecular complexity index is 364. The molecule has 0 aromatic heterocycles. The molecule has 1 aromatic carbocycles. The number of ether oxygens (including phenoxy) is 1. The molecule has 5 nitrogen and oxygen atoms in total. The Morgan fingerprint density at radius 2 is 2.15 bits per heavy atom. The van der Waals surface area contributed by atoms with E-state index in [1.54, 1.807) is 0 Å². The van der Waals surface area contributed by atoms with Crippen LogP contribution in [0.25, 0.3) is 0 Å². The van der Waals surface area contributed by atoms with Crippen LogP contribution in [0.2, 0.25) is 0 Å². The second kappa shape index (κ2) is 2.51. The van der Waals surface area contributed by atoms with Gasteiger partial charge in [0.2, 0.25) is 5.75 Å². The minimum atomic E-state index is -0.856. The maximum Gasteiger partial charge on any atom is 0.201 e. The van der Waals surface area contributed by atoms with Crippen molar-refractivity contribution in [3.63, 3.8) is 0 Å². The van der Waals surface area contributed by atoms with Crippen LogP contribution in [0.1, 0.15) is 11.7 Å². The first-order valence-electron chi connectivity index (χ1n) is 3.80. The summed E-state index contributed by atoms with van der Waals surface area (Å²) in [6.45, 7) is 0.0492. The normalized spacial score (nSPS) is 14.6. The van der Waals surface area contributed by atoms with Gasteiger partial charge in [-0.1, -0.05) is 0 Å². The largest absolute Gasteiger partial charge is 0.504 e. The van der Waals surface area contributed by atoms with Gasteiger partial charge >= 0.3 is 0 Å². The lowest BCUT2D eigenvalue weighted by molar-refractivity contribution is 0.167. The van der Waals surface area contributed by atoms with E-state index in [0.29, 0.717) is 11.3 Å². The van der Waals surface area contributed by atoms with Gasteiger partial charge in [-0.3, -0.25) is 0 Å². The van der Waals surface area contributed by atoms with Gasteiger partial charge in [-0.15, -0.1) is 0 Å². The fourth-order valence-corrected chi connectivity index (χ4v) is 1.31. The maximum atomic E-state index is 9.37. The molecule has 5 heteroatoms. The summed E-state index contributed by atoms with van der Waals surface area (Å²) >= 11 is 0. The van der Waals surface area contributed by atoms with Crippen LogP contribution in [0.5, 0.6) is 23.0 Å². The van der Waals surface area contributed by atoms with Crippen molar-refractivity contribution in [1.82, 2.24) is 0 Å². The molecule has 5 N–H and O–H groups in total. The third-order valence-electron chi connectivity index (χ3n) is 2.00. The zero-order valence-electron chi connectivity index (χ0n) is 6.69. The predicted molar refractivity (Wildman–Crippen MR) is 43.9 cm³/mol. The van der Waals surface area contributed by atoms with Gasteiger partial charge in [0.25, 0.3) is 0 Å². The van der Waals surface area contributed by atoms with Crippen molar-refractivity contribution >= 4 is 0 Å². The van der Waals surface area contributed by atoms with E-state index in [1.165, 1.54) is 6.07 Å². The number of benzene rings is 1. The molecule has 0 spiro atoms. The summed E-state index contributed by atoms with van der Waals surface area (Å²) in [5.41, 5.74) is 5.69. The van der Waals surface area contributed by atoms with E-state index in [1.807, 2.05) is 0 Å². The number of hydrogen-bond donors (Lipinski definition) is 4. The monoisotopic (exact) mass is 183 g/mol. The van der Waals surface area contributed by atoms with Gasteiger partial charge in [0.15, 0.2) is 11.5 Å². The molecule has 2 aliphatic rings. The van der Waals surface area contributed by atoms with E-state index in [9.17, 15) is 10.2 Å². The molecule has 0 unspecified atom stereocenters. The average molecular weight is 183 g/mol. The summed E-state index contributed by atoms with van der Waals surface area (Å²) in [5, 5.41) is 27.7. The van der Waals surface area contributed by atoms with Crippen LogP contribution in [-0.2, 0) is 0 Å². The summed E-state index contributed by atoms with van der Waals surface area (Å²) in [6, 6.07) is 1.25. The van der Waals surface area contributed by atoms with Crippen molar-refractivity contribution in [2.45, 2.75) is 6.10 Å². The summed E-state index contributed by atoms with van der Waals surface area (Å²) in [5.74, 6) is -0.113. The summed E-state index contributed by atoms with van der Waals surface area (Å²) in [4.78, 5) is 0. The molecule has 0 saturated carbocycles. The van der Waals surface area contributed by atoms with Gasteiger partial charge in [-0.2, -0.15) is 0 Å². The van der Waals surface area contributed by atoms with Crippen molar-refractivity contribution < 1.29 is 20.1 Å². The minimum Gasteiger partial charge on any atom is -0.504 e.